The predicted octanol–water partition coefficient (Wildman–Crippen LogP) is 4.55. The van der Waals surface area contributed by atoms with Gasteiger partial charge in [0.2, 0.25) is 0 Å². The third-order valence-corrected chi connectivity index (χ3v) is 5.69. The highest BCUT2D eigenvalue weighted by Crippen LogP contribution is 2.33. The normalized spacial score (nSPS) is 15.7. The Balaban J connectivity index is 1.41. The third kappa shape index (κ3) is 4.13. The molecule has 0 amide bonds. The van der Waals surface area contributed by atoms with Crippen LogP contribution < -0.4 is 4.74 Å². The number of rotatable bonds is 5. The first kappa shape index (κ1) is 21.0. The average Bonchev–Trinajstić information content (AvgIpc) is 3.45. The van der Waals surface area contributed by atoms with Crippen molar-refractivity contribution in [2.24, 2.45) is 0 Å². The molecule has 1 atom stereocenters. The molecule has 33 heavy (non-hydrogen) atoms. The van der Waals surface area contributed by atoms with Crippen LogP contribution in [0, 0.1) is 18.6 Å². The Bertz CT molecular complexity index is 1340. The van der Waals surface area contributed by atoms with Crippen molar-refractivity contribution >= 4 is 12.2 Å². The second kappa shape index (κ2) is 8.57. The van der Waals surface area contributed by atoms with Crippen LogP contribution in [0.5, 0.6) is 5.75 Å². The van der Waals surface area contributed by atoms with Crippen molar-refractivity contribution in [3.05, 3.63) is 83.1 Å². The maximum atomic E-state index is 13.8. The van der Waals surface area contributed by atoms with E-state index >= 15 is 0 Å². The Labute approximate surface area is 189 Å². The van der Waals surface area contributed by atoms with Crippen LogP contribution in [0.3, 0.4) is 0 Å². The van der Waals surface area contributed by atoms with Gasteiger partial charge in [0.25, 0.3) is 0 Å². The number of pyridine rings is 1. The fraction of sp³-hybridized carbons (Fsp3) is 0.250. The van der Waals surface area contributed by atoms with Crippen LogP contribution in [0.2, 0.25) is 0 Å². The smallest absolute Gasteiger partial charge is 0.180 e. The molecule has 1 aromatic carbocycles. The molecule has 0 saturated carbocycles. The summed E-state index contributed by atoms with van der Waals surface area (Å²) in [4.78, 5) is 13.4. The number of nitrogens with zero attached hydrogens (tertiary/aromatic N) is 6. The number of halogens is 2. The summed E-state index contributed by atoms with van der Waals surface area (Å²) in [6.45, 7) is 2.65. The fourth-order valence-electron chi connectivity index (χ4n) is 4.08. The maximum absolute atomic E-state index is 13.8. The second-order valence-corrected chi connectivity index (χ2v) is 7.97. The van der Waals surface area contributed by atoms with Crippen LogP contribution in [0.1, 0.15) is 47.2 Å². The van der Waals surface area contributed by atoms with Gasteiger partial charge in [-0.05, 0) is 61.2 Å². The van der Waals surface area contributed by atoms with Gasteiger partial charge in [-0.15, -0.1) is 0 Å². The molecule has 0 unspecified atom stereocenters. The standard InChI is InChI=1S/C24H22F2N6O/c1-15-13-31(14-28-15)24-21(33-2)10-16(12-27-24)5-8-22-29-23-18(4-3-9-32(23)30-22)17-6-7-19(25)20(26)11-17/h5-8,10-14,18H,3-4,9H2,1-2H3/b8-5+/t18-/m1/s1. The summed E-state index contributed by atoms with van der Waals surface area (Å²) in [7, 11) is 1.60. The average molecular weight is 448 g/mol. The summed E-state index contributed by atoms with van der Waals surface area (Å²) in [5.41, 5.74) is 2.42. The van der Waals surface area contributed by atoms with E-state index in [2.05, 4.69) is 20.1 Å². The van der Waals surface area contributed by atoms with Gasteiger partial charge in [-0.3, -0.25) is 4.57 Å². The lowest BCUT2D eigenvalue weighted by Gasteiger charge is -2.22. The lowest BCUT2D eigenvalue weighted by atomic mass is 9.91. The number of hydrogen-bond donors (Lipinski definition) is 0. The summed E-state index contributed by atoms with van der Waals surface area (Å²) < 4.78 is 36.3. The van der Waals surface area contributed by atoms with Crippen LogP contribution >= 0.6 is 0 Å². The number of hydrogen-bond acceptors (Lipinski definition) is 5. The van der Waals surface area contributed by atoms with Gasteiger partial charge in [0, 0.05) is 24.9 Å². The Morgan fingerprint density at radius 2 is 2.00 bits per heavy atom. The molecule has 9 heteroatoms. The number of methoxy groups -OCH3 is 1. The van der Waals surface area contributed by atoms with E-state index in [4.69, 9.17) is 4.74 Å². The molecule has 0 saturated heterocycles. The molecule has 0 bridgehead atoms. The van der Waals surface area contributed by atoms with Crippen molar-refractivity contribution in [2.45, 2.75) is 32.2 Å². The molecular formula is C24H22F2N6O. The Morgan fingerprint density at radius 3 is 2.76 bits per heavy atom. The van der Waals surface area contributed by atoms with E-state index in [1.165, 1.54) is 6.07 Å². The van der Waals surface area contributed by atoms with Crippen molar-refractivity contribution in [1.29, 1.82) is 0 Å². The van der Waals surface area contributed by atoms with Gasteiger partial charge in [0.15, 0.2) is 29.0 Å². The first-order valence-corrected chi connectivity index (χ1v) is 10.6. The minimum atomic E-state index is -0.849. The lowest BCUT2D eigenvalue weighted by Crippen LogP contribution is -2.18. The SMILES string of the molecule is COc1cc(/C=C/c2nc3n(n2)CCC[C@@H]3c2ccc(F)c(F)c2)cnc1-n1cnc(C)c1. The summed E-state index contributed by atoms with van der Waals surface area (Å²) in [5, 5.41) is 4.58. The predicted molar refractivity (Wildman–Crippen MR) is 119 cm³/mol. The molecule has 3 aromatic heterocycles. The Hall–Kier alpha value is -3.88. The van der Waals surface area contributed by atoms with E-state index in [0.717, 1.165) is 42.5 Å². The quantitative estimate of drug-likeness (QED) is 0.448. The number of aromatic nitrogens is 6. The van der Waals surface area contributed by atoms with Crippen LogP contribution in [-0.2, 0) is 6.54 Å². The zero-order valence-corrected chi connectivity index (χ0v) is 18.2. The Kier molecular flexibility index (Phi) is 5.45. The Morgan fingerprint density at radius 1 is 1.12 bits per heavy atom. The number of imidazole rings is 1. The zero-order chi connectivity index (χ0) is 22.9. The molecule has 1 aliphatic rings. The highest BCUT2D eigenvalue weighted by molar-refractivity contribution is 5.67. The van der Waals surface area contributed by atoms with Crippen LogP contribution in [0.15, 0.2) is 43.0 Å². The molecule has 168 valence electrons. The largest absolute Gasteiger partial charge is 0.493 e. The van der Waals surface area contributed by atoms with E-state index in [0.29, 0.717) is 23.0 Å². The molecule has 7 nitrogen and oxygen atoms in total. The molecule has 4 aromatic rings. The molecule has 0 fully saturated rings. The van der Waals surface area contributed by atoms with Gasteiger partial charge < -0.3 is 4.74 Å². The van der Waals surface area contributed by atoms with Gasteiger partial charge in [-0.2, -0.15) is 5.10 Å². The van der Waals surface area contributed by atoms with E-state index in [1.807, 2.05) is 40.6 Å². The lowest BCUT2D eigenvalue weighted by molar-refractivity contribution is 0.410. The fourth-order valence-corrected chi connectivity index (χ4v) is 4.08. The number of benzene rings is 1. The van der Waals surface area contributed by atoms with Gasteiger partial charge in [-0.1, -0.05) is 6.07 Å². The third-order valence-electron chi connectivity index (χ3n) is 5.69. The molecule has 4 heterocycles. The summed E-state index contributed by atoms with van der Waals surface area (Å²) in [6, 6.07) is 5.91. The number of fused-ring (bicyclic) bond motifs is 1. The highest BCUT2D eigenvalue weighted by Gasteiger charge is 2.26. The monoisotopic (exact) mass is 448 g/mol. The van der Waals surface area contributed by atoms with E-state index in [-0.39, 0.29) is 5.92 Å². The molecule has 0 radical (unpaired) electrons. The van der Waals surface area contributed by atoms with Crippen LogP contribution in [-0.4, -0.2) is 36.4 Å². The highest BCUT2D eigenvalue weighted by atomic mass is 19.2. The molecule has 0 N–H and O–H groups in total. The molecular weight excluding hydrogens is 426 g/mol. The van der Waals surface area contributed by atoms with Gasteiger partial charge in [0.05, 0.1) is 12.8 Å². The van der Waals surface area contributed by atoms with Gasteiger partial charge in [-0.25, -0.2) is 28.4 Å². The summed E-state index contributed by atoms with van der Waals surface area (Å²) >= 11 is 0. The van der Waals surface area contributed by atoms with E-state index < -0.39 is 11.6 Å². The van der Waals surface area contributed by atoms with E-state index in [9.17, 15) is 8.78 Å². The van der Waals surface area contributed by atoms with Crippen molar-refractivity contribution in [2.75, 3.05) is 7.11 Å². The van der Waals surface area contributed by atoms with E-state index in [1.54, 1.807) is 25.7 Å². The zero-order valence-electron chi connectivity index (χ0n) is 18.2. The minimum absolute atomic E-state index is 0.122. The maximum Gasteiger partial charge on any atom is 0.180 e. The van der Waals surface area contributed by atoms with Crippen molar-refractivity contribution in [3.8, 4) is 11.6 Å². The summed E-state index contributed by atoms with van der Waals surface area (Å²) in [5.74, 6) is 0.757. The molecule has 0 aliphatic carbocycles. The van der Waals surface area contributed by atoms with Gasteiger partial charge in [0.1, 0.15) is 12.2 Å². The minimum Gasteiger partial charge on any atom is -0.493 e. The summed E-state index contributed by atoms with van der Waals surface area (Å²) in [6.07, 6.45) is 10.7. The number of aryl methyl sites for hydroxylation is 2. The number of ether oxygens (including phenoxy) is 1. The van der Waals surface area contributed by atoms with Gasteiger partial charge >= 0.3 is 0 Å². The van der Waals surface area contributed by atoms with Crippen molar-refractivity contribution in [3.63, 3.8) is 0 Å². The van der Waals surface area contributed by atoms with Crippen molar-refractivity contribution < 1.29 is 13.5 Å². The molecule has 1 aliphatic heterocycles. The van der Waals surface area contributed by atoms with Crippen LogP contribution in [0.25, 0.3) is 18.0 Å². The first-order valence-electron chi connectivity index (χ1n) is 10.6. The molecule has 5 rings (SSSR count). The first-order chi connectivity index (χ1) is 16.0. The topological polar surface area (TPSA) is 70.7 Å². The van der Waals surface area contributed by atoms with Crippen LogP contribution in [0.4, 0.5) is 8.78 Å². The van der Waals surface area contributed by atoms with Crippen molar-refractivity contribution in [1.82, 2.24) is 29.3 Å². The second-order valence-electron chi connectivity index (χ2n) is 7.97. The molecule has 0 spiro atoms.